The van der Waals surface area contributed by atoms with Crippen molar-refractivity contribution in [2.75, 3.05) is 13.7 Å². The molecule has 0 heterocycles. The van der Waals surface area contributed by atoms with E-state index in [-0.39, 0.29) is 6.61 Å². The molecule has 0 aliphatic heterocycles. The number of hydrogen-bond acceptors (Lipinski definition) is 4. The van der Waals surface area contributed by atoms with Crippen molar-refractivity contribution in [3.63, 3.8) is 0 Å². The maximum Gasteiger partial charge on any atom is 0.350 e. The maximum atomic E-state index is 11.1. The normalized spacial score (nSPS) is 13.8. The van der Waals surface area contributed by atoms with Gasteiger partial charge >= 0.3 is 5.97 Å². The lowest BCUT2D eigenvalue weighted by molar-refractivity contribution is -0.158. The molecule has 0 spiro atoms. The number of aliphatic carboxylic acids is 1. The summed E-state index contributed by atoms with van der Waals surface area (Å²) >= 11 is 0. The van der Waals surface area contributed by atoms with Gasteiger partial charge in [-0.25, -0.2) is 4.79 Å². The summed E-state index contributed by atoms with van der Waals surface area (Å²) in [6, 6.07) is 6.19. The Kier molecular flexibility index (Phi) is 4.23. The molecule has 0 bridgehead atoms. The van der Waals surface area contributed by atoms with Crippen LogP contribution < -0.4 is 4.74 Å². The molecule has 0 saturated heterocycles. The van der Waals surface area contributed by atoms with Gasteiger partial charge in [-0.3, -0.25) is 4.79 Å². The zero-order valence-electron chi connectivity index (χ0n) is 9.67. The Hall–Kier alpha value is -1.88. The highest BCUT2D eigenvalue weighted by molar-refractivity contribution is 5.78. The highest BCUT2D eigenvalue weighted by atomic mass is 16.6. The zero-order valence-corrected chi connectivity index (χ0v) is 9.67. The Labute approximate surface area is 99.0 Å². The van der Waals surface area contributed by atoms with Crippen LogP contribution in [-0.2, 0) is 9.53 Å². The molecule has 1 N–H and O–H groups in total. The van der Waals surface area contributed by atoms with E-state index in [1.54, 1.807) is 24.3 Å². The minimum Gasteiger partial charge on any atom is -0.478 e. The molecule has 5 heteroatoms. The number of carboxylic acids is 1. The van der Waals surface area contributed by atoms with Gasteiger partial charge in [0, 0.05) is 12.7 Å². The first-order chi connectivity index (χ1) is 8.01. The van der Waals surface area contributed by atoms with Gasteiger partial charge in [-0.05, 0) is 31.2 Å². The van der Waals surface area contributed by atoms with Gasteiger partial charge < -0.3 is 14.6 Å². The summed E-state index contributed by atoms with van der Waals surface area (Å²) in [4.78, 5) is 21.5. The summed E-state index contributed by atoms with van der Waals surface area (Å²) in [7, 11) is 1.40. The summed E-state index contributed by atoms with van der Waals surface area (Å²) in [6.45, 7) is 1.35. The van der Waals surface area contributed by atoms with Gasteiger partial charge in [0.2, 0.25) is 5.60 Å². The lowest BCUT2D eigenvalue weighted by Crippen LogP contribution is -2.45. The average molecular weight is 238 g/mol. The summed E-state index contributed by atoms with van der Waals surface area (Å²) in [5, 5.41) is 9.06. The molecule has 0 saturated carbocycles. The number of carbonyl (C=O) groups is 2. The standard InChI is InChI=1S/C12H14O5/c1-12(8-16-2,11(14)15)17-10-5-3-9(7-13)4-6-10/h3-7H,8H2,1-2H3,(H,14,15). The quantitative estimate of drug-likeness (QED) is 0.758. The van der Waals surface area contributed by atoms with Crippen LogP contribution in [0.2, 0.25) is 0 Å². The number of carbonyl (C=O) groups excluding carboxylic acids is 1. The van der Waals surface area contributed by atoms with Crippen LogP contribution in [0.25, 0.3) is 0 Å². The second kappa shape index (κ2) is 5.45. The minimum absolute atomic E-state index is 0.0717. The Balaban J connectivity index is 2.85. The van der Waals surface area contributed by atoms with Crippen molar-refractivity contribution in [1.29, 1.82) is 0 Å². The lowest BCUT2D eigenvalue weighted by Gasteiger charge is -2.25. The monoisotopic (exact) mass is 238 g/mol. The van der Waals surface area contributed by atoms with E-state index in [1.165, 1.54) is 14.0 Å². The molecule has 1 atom stereocenters. The van der Waals surface area contributed by atoms with Crippen LogP contribution >= 0.6 is 0 Å². The number of aldehydes is 1. The fourth-order valence-electron chi connectivity index (χ4n) is 1.28. The molecule has 0 fully saturated rings. The fraction of sp³-hybridized carbons (Fsp3) is 0.333. The van der Waals surface area contributed by atoms with Crippen LogP contribution in [0.4, 0.5) is 0 Å². The third-order valence-electron chi connectivity index (χ3n) is 2.23. The number of carboxylic acid groups (broad SMARTS) is 1. The smallest absolute Gasteiger partial charge is 0.350 e. The summed E-state index contributed by atoms with van der Waals surface area (Å²) in [6.07, 6.45) is 0.704. The van der Waals surface area contributed by atoms with Crippen molar-refractivity contribution in [1.82, 2.24) is 0 Å². The summed E-state index contributed by atoms with van der Waals surface area (Å²) in [5.74, 6) is -0.739. The van der Waals surface area contributed by atoms with Gasteiger partial charge in [0.1, 0.15) is 12.0 Å². The Morgan fingerprint density at radius 1 is 1.41 bits per heavy atom. The molecule has 0 aliphatic carbocycles. The summed E-state index contributed by atoms with van der Waals surface area (Å²) < 4.78 is 10.2. The van der Waals surface area contributed by atoms with Crippen molar-refractivity contribution in [3.8, 4) is 5.75 Å². The molecule has 0 amide bonds. The van der Waals surface area contributed by atoms with Crippen LogP contribution in [0.1, 0.15) is 17.3 Å². The first-order valence-electron chi connectivity index (χ1n) is 4.98. The number of hydrogen-bond donors (Lipinski definition) is 1. The number of ether oxygens (including phenoxy) is 2. The van der Waals surface area contributed by atoms with E-state index >= 15 is 0 Å². The van der Waals surface area contributed by atoms with Crippen molar-refractivity contribution < 1.29 is 24.2 Å². The molecule has 92 valence electrons. The van der Waals surface area contributed by atoms with Gasteiger partial charge in [-0.15, -0.1) is 0 Å². The van der Waals surface area contributed by atoms with Gasteiger partial charge in [0.15, 0.2) is 0 Å². The largest absolute Gasteiger partial charge is 0.478 e. The second-order valence-electron chi connectivity index (χ2n) is 3.76. The van der Waals surface area contributed by atoms with E-state index < -0.39 is 11.6 Å². The van der Waals surface area contributed by atoms with Crippen molar-refractivity contribution in [2.24, 2.45) is 0 Å². The first-order valence-corrected chi connectivity index (χ1v) is 4.98. The molecular weight excluding hydrogens is 224 g/mol. The predicted octanol–water partition coefficient (Wildman–Crippen LogP) is 1.37. The van der Waals surface area contributed by atoms with Gasteiger partial charge in [-0.2, -0.15) is 0 Å². The number of rotatable bonds is 6. The minimum atomic E-state index is -1.45. The molecule has 5 nitrogen and oxygen atoms in total. The molecule has 1 unspecified atom stereocenters. The number of benzene rings is 1. The van der Waals surface area contributed by atoms with Crippen LogP contribution in [0.3, 0.4) is 0 Å². The second-order valence-corrected chi connectivity index (χ2v) is 3.76. The van der Waals surface area contributed by atoms with Gasteiger partial charge in [0.25, 0.3) is 0 Å². The van der Waals surface area contributed by atoms with Crippen LogP contribution in [0.5, 0.6) is 5.75 Å². The van der Waals surface area contributed by atoms with Crippen LogP contribution in [-0.4, -0.2) is 36.7 Å². The number of methoxy groups -OCH3 is 1. The van der Waals surface area contributed by atoms with Crippen LogP contribution in [0, 0.1) is 0 Å². The third kappa shape index (κ3) is 3.29. The third-order valence-corrected chi connectivity index (χ3v) is 2.23. The Bertz CT molecular complexity index is 398. The topological polar surface area (TPSA) is 72.8 Å². The zero-order chi connectivity index (χ0) is 12.9. The molecule has 0 aliphatic rings. The Morgan fingerprint density at radius 2 is 2.00 bits per heavy atom. The maximum absolute atomic E-state index is 11.1. The molecule has 0 radical (unpaired) electrons. The highest BCUT2D eigenvalue weighted by Crippen LogP contribution is 2.19. The SMILES string of the molecule is COCC(C)(Oc1ccc(C=O)cc1)C(=O)O. The van der Waals surface area contributed by atoms with Crippen molar-refractivity contribution in [3.05, 3.63) is 29.8 Å². The lowest BCUT2D eigenvalue weighted by atomic mass is 10.1. The first kappa shape index (κ1) is 13.2. The molecule has 17 heavy (non-hydrogen) atoms. The van der Waals surface area contributed by atoms with E-state index in [0.29, 0.717) is 17.6 Å². The van der Waals surface area contributed by atoms with E-state index in [9.17, 15) is 9.59 Å². The van der Waals surface area contributed by atoms with E-state index in [2.05, 4.69) is 0 Å². The predicted molar refractivity (Wildman–Crippen MR) is 60.4 cm³/mol. The molecule has 1 rings (SSSR count). The van der Waals surface area contributed by atoms with Crippen molar-refractivity contribution in [2.45, 2.75) is 12.5 Å². The van der Waals surface area contributed by atoms with Gasteiger partial charge in [-0.1, -0.05) is 0 Å². The van der Waals surface area contributed by atoms with E-state index in [1.807, 2.05) is 0 Å². The van der Waals surface area contributed by atoms with E-state index in [0.717, 1.165) is 0 Å². The Morgan fingerprint density at radius 3 is 2.41 bits per heavy atom. The fourth-order valence-corrected chi connectivity index (χ4v) is 1.28. The summed E-state index contributed by atoms with van der Waals surface area (Å²) in [5.41, 5.74) is -0.946. The molecule has 1 aromatic carbocycles. The molecule has 1 aromatic rings. The van der Waals surface area contributed by atoms with Crippen molar-refractivity contribution >= 4 is 12.3 Å². The van der Waals surface area contributed by atoms with Gasteiger partial charge in [0.05, 0.1) is 6.61 Å². The van der Waals surface area contributed by atoms with Crippen LogP contribution in [0.15, 0.2) is 24.3 Å². The molecular formula is C12H14O5. The molecule has 0 aromatic heterocycles. The average Bonchev–Trinajstić information content (AvgIpc) is 2.30. The highest BCUT2D eigenvalue weighted by Gasteiger charge is 2.35. The van der Waals surface area contributed by atoms with E-state index in [4.69, 9.17) is 14.6 Å².